The van der Waals surface area contributed by atoms with Gasteiger partial charge < -0.3 is 19.7 Å². The minimum Gasteiger partial charge on any atom is -0.375 e. The first kappa shape index (κ1) is 17.7. The van der Waals surface area contributed by atoms with Crippen molar-refractivity contribution in [3.05, 3.63) is 29.6 Å². The molecule has 3 fully saturated rings. The number of nitrogens with one attached hydrogen (secondary N) is 1. The third-order valence-corrected chi connectivity index (χ3v) is 5.81. The van der Waals surface area contributed by atoms with Gasteiger partial charge in [-0.3, -0.25) is 4.98 Å². The van der Waals surface area contributed by atoms with Gasteiger partial charge in [0.2, 0.25) is 0 Å². The summed E-state index contributed by atoms with van der Waals surface area (Å²) in [6.45, 7) is 5.16. The van der Waals surface area contributed by atoms with Gasteiger partial charge in [-0.05, 0) is 44.7 Å². The molecule has 1 aromatic heterocycles. The molecule has 6 nitrogen and oxygen atoms in total. The Morgan fingerprint density at radius 3 is 3.12 bits per heavy atom. The Morgan fingerprint density at radius 1 is 1.42 bits per heavy atom. The second-order valence-corrected chi connectivity index (χ2v) is 7.93. The summed E-state index contributed by atoms with van der Waals surface area (Å²) >= 11 is 0. The van der Waals surface area contributed by atoms with Crippen LogP contribution in [-0.4, -0.2) is 53.9 Å². The predicted molar refractivity (Wildman–Crippen MR) is 97.8 cm³/mol. The van der Waals surface area contributed by atoms with Crippen molar-refractivity contribution >= 4 is 6.03 Å². The van der Waals surface area contributed by atoms with Gasteiger partial charge in [0.05, 0.1) is 37.7 Å². The minimum absolute atomic E-state index is 0.0747. The average Bonchev–Trinajstić information content (AvgIpc) is 3.37. The average molecular weight is 359 g/mol. The molecule has 1 saturated heterocycles. The van der Waals surface area contributed by atoms with Gasteiger partial charge in [0.25, 0.3) is 0 Å². The van der Waals surface area contributed by atoms with E-state index in [-0.39, 0.29) is 11.6 Å². The van der Waals surface area contributed by atoms with Crippen molar-refractivity contribution in [1.82, 2.24) is 15.2 Å². The minimum atomic E-state index is -0.237. The number of hydrogen-bond donors (Lipinski definition) is 1. The molecule has 0 bridgehead atoms. The number of nitrogens with zero attached hydrogens (tertiary/aromatic N) is 2. The molecular weight excluding hydrogens is 330 g/mol. The maximum atomic E-state index is 12.4. The number of hydrogen-bond acceptors (Lipinski definition) is 4. The molecule has 0 radical (unpaired) electrons. The first-order chi connectivity index (χ1) is 12.6. The summed E-state index contributed by atoms with van der Waals surface area (Å²) < 4.78 is 12.2. The number of rotatable bonds is 5. The van der Waals surface area contributed by atoms with Crippen molar-refractivity contribution in [2.75, 3.05) is 26.3 Å². The summed E-state index contributed by atoms with van der Waals surface area (Å²) in [5, 5.41) is 3.11. The van der Waals surface area contributed by atoms with E-state index < -0.39 is 0 Å². The summed E-state index contributed by atoms with van der Waals surface area (Å²) in [6, 6.07) is 6.47. The molecule has 1 aliphatic heterocycles. The number of pyridine rings is 1. The molecule has 2 atom stereocenters. The molecule has 1 aromatic rings. The molecule has 6 heteroatoms. The molecule has 2 aliphatic carbocycles. The van der Waals surface area contributed by atoms with Crippen molar-refractivity contribution in [3.8, 4) is 0 Å². The van der Waals surface area contributed by atoms with Crippen LogP contribution in [0.2, 0.25) is 0 Å². The molecule has 0 aromatic carbocycles. The Balaban J connectivity index is 1.33. The van der Waals surface area contributed by atoms with Gasteiger partial charge in [0.15, 0.2) is 0 Å². The Hall–Kier alpha value is -1.66. The van der Waals surface area contributed by atoms with Crippen LogP contribution in [0.15, 0.2) is 18.2 Å². The third kappa shape index (κ3) is 4.01. The number of carbonyl (C=O) groups is 1. The summed E-state index contributed by atoms with van der Waals surface area (Å²) in [5.41, 5.74) is 1.74. The van der Waals surface area contributed by atoms with Gasteiger partial charge in [0, 0.05) is 24.2 Å². The van der Waals surface area contributed by atoms with Crippen LogP contribution in [0.3, 0.4) is 0 Å². The van der Waals surface area contributed by atoms with Crippen LogP contribution in [0.1, 0.15) is 43.5 Å². The van der Waals surface area contributed by atoms with E-state index >= 15 is 0 Å². The number of aryl methyl sites for hydroxylation is 1. The van der Waals surface area contributed by atoms with Gasteiger partial charge in [0.1, 0.15) is 0 Å². The van der Waals surface area contributed by atoms with Crippen LogP contribution < -0.4 is 5.32 Å². The van der Waals surface area contributed by atoms with Crippen LogP contribution in [0.25, 0.3) is 0 Å². The first-order valence-electron chi connectivity index (χ1n) is 9.84. The molecule has 2 saturated carbocycles. The largest absolute Gasteiger partial charge is 0.375 e. The normalized spacial score (nSPS) is 28.5. The molecule has 1 N–H and O–H groups in total. The predicted octanol–water partition coefficient (Wildman–Crippen LogP) is 2.65. The highest BCUT2D eigenvalue weighted by Gasteiger charge is 2.48. The Bertz CT molecular complexity index is 649. The van der Waals surface area contributed by atoms with Crippen LogP contribution in [0.5, 0.6) is 0 Å². The highest BCUT2D eigenvalue weighted by Crippen LogP contribution is 2.41. The first-order valence-corrected chi connectivity index (χ1v) is 9.84. The maximum Gasteiger partial charge on any atom is 0.317 e. The summed E-state index contributed by atoms with van der Waals surface area (Å²) in [4.78, 5) is 18.9. The molecule has 2 amide bonds. The summed E-state index contributed by atoms with van der Waals surface area (Å²) in [5.74, 6) is 0.337. The fraction of sp³-hybridized carbons (Fsp3) is 0.700. The van der Waals surface area contributed by atoms with Gasteiger partial charge in [-0.15, -0.1) is 0 Å². The number of amides is 2. The van der Waals surface area contributed by atoms with E-state index in [1.54, 1.807) is 0 Å². The van der Waals surface area contributed by atoms with E-state index in [2.05, 4.69) is 10.3 Å². The molecule has 3 aliphatic rings. The van der Waals surface area contributed by atoms with Gasteiger partial charge in [-0.1, -0.05) is 12.5 Å². The molecule has 2 heterocycles. The topological polar surface area (TPSA) is 63.7 Å². The monoisotopic (exact) mass is 359 g/mol. The second-order valence-electron chi connectivity index (χ2n) is 7.93. The number of aromatic nitrogens is 1. The summed E-state index contributed by atoms with van der Waals surface area (Å²) in [6.07, 6.45) is 5.47. The van der Waals surface area contributed by atoms with Gasteiger partial charge >= 0.3 is 6.03 Å². The lowest BCUT2D eigenvalue weighted by Gasteiger charge is -2.44. The van der Waals surface area contributed by atoms with E-state index in [1.165, 1.54) is 0 Å². The fourth-order valence-corrected chi connectivity index (χ4v) is 4.21. The third-order valence-electron chi connectivity index (χ3n) is 5.81. The number of urea groups is 1. The fourth-order valence-electron chi connectivity index (χ4n) is 4.21. The maximum absolute atomic E-state index is 12.4. The van der Waals surface area contributed by atoms with E-state index in [4.69, 9.17) is 9.47 Å². The number of carbonyl (C=O) groups excluding carboxylic acids is 1. The quantitative estimate of drug-likeness (QED) is 0.878. The lowest BCUT2D eigenvalue weighted by Crippen LogP contribution is -2.58. The molecule has 0 unspecified atom stereocenters. The highest BCUT2D eigenvalue weighted by atomic mass is 16.5. The van der Waals surface area contributed by atoms with Crippen LogP contribution in [0, 0.1) is 12.8 Å². The van der Waals surface area contributed by atoms with Crippen molar-refractivity contribution in [1.29, 1.82) is 0 Å². The van der Waals surface area contributed by atoms with E-state index in [0.717, 1.165) is 43.5 Å². The van der Waals surface area contributed by atoms with Crippen LogP contribution >= 0.6 is 0 Å². The number of morpholine rings is 1. The lowest BCUT2D eigenvalue weighted by molar-refractivity contribution is -0.133. The van der Waals surface area contributed by atoms with Crippen LogP contribution in [-0.2, 0) is 16.1 Å². The van der Waals surface area contributed by atoms with Crippen LogP contribution in [0.4, 0.5) is 4.79 Å². The Morgan fingerprint density at radius 2 is 2.31 bits per heavy atom. The van der Waals surface area contributed by atoms with Gasteiger partial charge in [-0.25, -0.2) is 4.79 Å². The Kier molecular flexibility index (Phi) is 5.14. The molecular formula is C20H29N3O3. The number of ether oxygens (including phenoxy) is 2. The molecule has 1 spiro atoms. The highest BCUT2D eigenvalue weighted by molar-refractivity contribution is 5.75. The second kappa shape index (κ2) is 7.53. The summed E-state index contributed by atoms with van der Waals surface area (Å²) in [7, 11) is 0. The van der Waals surface area contributed by atoms with Crippen molar-refractivity contribution in [3.63, 3.8) is 0 Å². The molecule has 142 valence electrons. The Labute approximate surface area is 155 Å². The van der Waals surface area contributed by atoms with Crippen molar-refractivity contribution < 1.29 is 14.3 Å². The smallest absolute Gasteiger partial charge is 0.317 e. The standard InChI is InChI=1S/C20H29N3O3/c1-15-4-2-6-18(21-15)13-25-12-16-5-3-9-20(16)14-23(10-11-26-20)19(24)22-17-7-8-17/h2,4,6,16-17H,3,5,7-14H2,1H3,(H,22,24)/t16-,20+/m0/s1. The van der Waals surface area contributed by atoms with E-state index in [0.29, 0.717) is 44.9 Å². The van der Waals surface area contributed by atoms with Gasteiger partial charge in [-0.2, -0.15) is 0 Å². The van der Waals surface area contributed by atoms with Crippen molar-refractivity contribution in [2.24, 2.45) is 5.92 Å². The lowest BCUT2D eigenvalue weighted by atomic mass is 9.89. The molecule has 4 rings (SSSR count). The SMILES string of the molecule is Cc1cccc(COC[C@@H]2CCC[C@@]23CN(C(=O)NC2CC2)CCO3)n1. The zero-order valence-electron chi connectivity index (χ0n) is 15.6. The van der Waals surface area contributed by atoms with Crippen molar-refractivity contribution in [2.45, 2.75) is 57.3 Å². The molecule has 26 heavy (non-hydrogen) atoms. The zero-order valence-corrected chi connectivity index (χ0v) is 15.6. The van der Waals surface area contributed by atoms with E-state index in [1.807, 2.05) is 30.0 Å². The van der Waals surface area contributed by atoms with E-state index in [9.17, 15) is 4.79 Å². The zero-order chi connectivity index (χ0) is 18.0.